The van der Waals surface area contributed by atoms with Crippen LogP contribution in [0.1, 0.15) is 16.8 Å². The topological polar surface area (TPSA) is 52.2 Å². The first kappa shape index (κ1) is 17.3. The Morgan fingerprint density at radius 2 is 1.68 bits per heavy atom. The fourth-order valence-electron chi connectivity index (χ4n) is 2.96. The van der Waals surface area contributed by atoms with Crippen LogP contribution in [-0.2, 0) is 6.18 Å². The molecule has 1 N–H and O–H groups in total. The van der Waals surface area contributed by atoms with Gasteiger partial charge >= 0.3 is 6.18 Å². The van der Waals surface area contributed by atoms with Gasteiger partial charge in [0.2, 0.25) is 5.95 Å². The van der Waals surface area contributed by atoms with Crippen LogP contribution in [0, 0.1) is 13.8 Å². The molecule has 0 saturated carbocycles. The minimum Gasteiger partial charge on any atom is -0.368 e. The zero-order chi connectivity index (χ0) is 18.2. The third-order valence-corrected chi connectivity index (χ3v) is 4.30. The third-order valence-electron chi connectivity index (χ3n) is 4.30. The van der Waals surface area contributed by atoms with E-state index in [2.05, 4.69) is 27.0 Å². The van der Waals surface area contributed by atoms with Gasteiger partial charge in [-0.05, 0) is 31.0 Å². The zero-order valence-electron chi connectivity index (χ0n) is 14.0. The van der Waals surface area contributed by atoms with Crippen LogP contribution in [0.4, 0.5) is 24.8 Å². The van der Waals surface area contributed by atoms with Gasteiger partial charge in [0.25, 0.3) is 5.56 Å². The van der Waals surface area contributed by atoms with Gasteiger partial charge in [0.15, 0.2) is 5.69 Å². The predicted molar refractivity (Wildman–Crippen MR) is 90.2 cm³/mol. The molecule has 0 unspecified atom stereocenters. The molecule has 1 aliphatic rings. The average molecular weight is 352 g/mol. The molecule has 3 rings (SSSR count). The van der Waals surface area contributed by atoms with E-state index in [9.17, 15) is 18.0 Å². The summed E-state index contributed by atoms with van der Waals surface area (Å²) in [5.74, 6) is -0.0274. The number of hydrogen-bond donors (Lipinski definition) is 1. The van der Waals surface area contributed by atoms with E-state index in [4.69, 9.17) is 0 Å². The van der Waals surface area contributed by atoms with Crippen LogP contribution in [0.3, 0.4) is 0 Å². The lowest BCUT2D eigenvalue weighted by Gasteiger charge is -2.37. The standard InChI is InChI=1S/C17H19F3N4O/c1-11-3-4-12(2)13(9-11)23-5-7-24(8-6-23)16-21-14(17(18,19)20)10-15(25)22-16/h3-4,9-10H,5-8H2,1-2H3,(H,21,22,25). The monoisotopic (exact) mass is 352 g/mol. The Morgan fingerprint density at radius 3 is 2.32 bits per heavy atom. The number of piperazine rings is 1. The van der Waals surface area contributed by atoms with Crippen LogP contribution in [0.2, 0.25) is 0 Å². The van der Waals surface area contributed by atoms with E-state index in [1.165, 1.54) is 0 Å². The Morgan fingerprint density at radius 1 is 1.04 bits per heavy atom. The SMILES string of the molecule is Cc1ccc(C)c(N2CCN(c3nc(C(F)(F)F)cc(=O)[nH]3)CC2)c1. The van der Waals surface area contributed by atoms with Crippen LogP contribution >= 0.6 is 0 Å². The number of nitrogens with one attached hydrogen (secondary N) is 1. The molecular weight excluding hydrogens is 333 g/mol. The van der Waals surface area contributed by atoms with Gasteiger partial charge in [-0.2, -0.15) is 13.2 Å². The van der Waals surface area contributed by atoms with Gasteiger partial charge in [0.1, 0.15) is 0 Å². The zero-order valence-corrected chi connectivity index (χ0v) is 14.0. The summed E-state index contributed by atoms with van der Waals surface area (Å²) in [6.07, 6.45) is -4.64. The van der Waals surface area contributed by atoms with Crippen molar-refractivity contribution >= 4 is 11.6 Å². The molecule has 8 heteroatoms. The predicted octanol–water partition coefficient (Wildman–Crippen LogP) is 2.73. The Hall–Kier alpha value is -2.51. The second-order valence-corrected chi connectivity index (χ2v) is 6.22. The van der Waals surface area contributed by atoms with E-state index in [-0.39, 0.29) is 5.95 Å². The van der Waals surface area contributed by atoms with Crippen molar-refractivity contribution in [3.05, 3.63) is 51.4 Å². The minimum atomic E-state index is -4.64. The molecule has 1 fully saturated rings. The van der Waals surface area contributed by atoms with Gasteiger partial charge in [-0.25, -0.2) is 4.98 Å². The first-order valence-electron chi connectivity index (χ1n) is 8.00. The lowest BCUT2D eigenvalue weighted by Crippen LogP contribution is -2.47. The molecular formula is C17H19F3N4O. The second-order valence-electron chi connectivity index (χ2n) is 6.22. The highest BCUT2D eigenvalue weighted by molar-refractivity contribution is 5.56. The van der Waals surface area contributed by atoms with E-state index in [1.54, 1.807) is 4.90 Å². The lowest BCUT2D eigenvalue weighted by molar-refractivity contribution is -0.141. The number of anilines is 2. The van der Waals surface area contributed by atoms with Gasteiger partial charge < -0.3 is 9.80 Å². The maximum atomic E-state index is 12.8. The van der Waals surface area contributed by atoms with Gasteiger partial charge in [-0.1, -0.05) is 12.1 Å². The summed E-state index contributed by atoms with van der Waals surface area (Å²) < 4.78 is 38.5. The molecule has 0 amide bonds. The van der Waals surface area contributed by atoms with Crippen molar-refractivity contribution in [1.82, 2.24) is 9.97 Å². The third kappa shape index (κ3) is 3.78. The highest BCUT2D eigenvalue weighted by Gasteiger charge is 2.34. The minimum absolute atomic E-state index is 0.0274. The molecule has 1 aliphatic heterocycles. The molecule has 1 aromatic heterocycles. The number of H-pyrrole nitrogens is 1. The quantitative estimate of drug-likeness (QED) is 0.903. The number of aromatic nitrogens is 2. The molecule has 2 aromatic rings. The molecule has 134 valence electrons. The molecule has 0 spiro atoms. The molecule has 1 saturated heterocycles. The summed E-state index contributed by atoms with van der Waals surface area (Å²) in [6, 6.07) is 6.69. The highest BCUT2D eigenvalue weighted by Crippen LogP contribution is 2.28. The molecule has 0 aliphatic carbocycles. The summed E-state index contributed by atoms with van der Waals surface area (Å²) in [5, 5.41) is 0. The van der Waals surface area contributed by atoms with E-state index in [0.717, 1.165) is 16.8 Å². The number of hydrogen-bond acceptors (Lipinski definition) is 4. The number of halogens is 3. The Labute approximate surface area is 143 Å². The maximum Gasteiger partial charge on any atom is 0.433 e. The molecule has 1 aromatic carbocycles. The number of aromatic amines is 1. The van der Waals surface area contributed by atoms with Crippen molar-refractivity contribution in [2.75, 3.05) is 36.0 Å². The van der Waals surface area contributed by atoms with Crippen LogP contribution < -0.4 is 15.4 Å². The van der Waals surface area contributed by atoms with Gasteiger partial charge in [0, 0.05) is 37.9 Å². The number of rotatable bonds is 2. The van der Waals surface area contributed by atoms with Gasteiger partial charge in [0.05, 0.1) is 0 Å². The van der Waals surface area contributed by atoms with Crippen molar-refractivity contribution in [3.8, 4) is 0 Å². The highest BCUT2D eigenvalue weighted by atomic mass is 19.4. The molecule has 25 heavy (non-hydrogen) atoms. The number of nitrogens with zero attached hydrogens (tertiary/aromatic N) is 3. The summed E-state index contributed by atoms with van der Waals surface area (Å²) in [4.78, 5) is 21.4. The first-order chi connectivity index (χ1) is 11.7. The second kappa shape index (κ2) is 6.42. The average Bonchev–Trinajstić information content (AvgIpc) is 2.56. The Kier molecular flexibility index (Phi) is 4.45. The van der Waals surface area contributed by atoms with Crippen LogP contribution in [0.15, 0.2) is 29.1 Å². The van der Waals surface area contributed by atoms with Crippen molar-refractivity contribution in [2.45, 2.75) is 20.0 Å². The number of benzene rings is 1. The molecule has 0 radical (unpaired) electrons. The van der Waals surface area contributed by atoms with Crippen LogP contribution in [-0.4, -0.2) is 36.1 Å². The van der Waals surface area contributed by atoms with E-state index < -0.39 is 17.4 Å². The van der Waals surface area contributed by atoms with Crippen molar-refractivity contribution in [1.29, 1.82) is 0 Å². The largest absolute Gasteiger partial charge is 0.433 e. The van der Waals surface area contributed by atoms with Crippen LogP contribution in [0.5, 0.6) is 0 Å². The summed E-state index contributed by atoms with van der Waals surface area (Å²) in [5.41, 5.74) is 1.49. The fraction of sp³-hybridized carbons (Fsp3) is 0.412. The van der Waals surface area contributed by atoms with E-state index >= 15 is 0 Å². The Bertz CT molecular complexity index is 823. The smallest absolute Gasteiger partial charge is 0.368 e. The molecule has 5 nitrogen and oxygen atoms in total. The summed E-state index contributed by atoms with van der Waals surface area (Å²) in [6.45, 7) is 6.31. The Balaban J connectivity index is 1.78. The van der Waals surface area contributed by atoms with E-state index in [1.807, 2.05) is 19.9 Å². The van der Waals surface area contributed by atoms with Crippen molar-refractivity contribution < 1.29 is 13.2 Å². The van der Waals surface area contributed by atoms with Crippen LogP contribution in [0.25, 0.3) is 0 Å². The van der Waals surface area contributed by atoms with E-state index in [0.29, 0.717) is 32.2 Å². The van der Waals surface area contributed by atoms with Gasteiger partial charge in [-0.3, -0.25) is 9.78 Å². The normalized spacial score (nSPS) is 15.6. The lowest BCUT2D eigenvalue weighted by atomic mass is 10.1. The maximum absolute atomic E-state index is 12.8. The first-order valence-corrected chi connectivity index (χ1v) is 8.00. The van der Waals surface area contributed by atoms with Crippen molar-refractivity contribution in [3.63, 3.8) is 0 Å². The summed E-state index contributed by atoms with van der Waals surface area (Å²) >= 11 is 0. The molecule has 2 heterocycles. The number of aryl methyl sites for hydroxylation is 2. The van der Waals surface area contributed by atoms with Crippen molar-refractivity contribution in [2.24, 2.45) is 0 Å². The number of alkyl halides is 3. The summed E-state index contributed by atoms with van der Waals surface area (Å²) in [7, 11) is 0. The molecule has 0 bridgehead atoms. The molecule has 0 atom stereocenters. The fourth-order valence-corrected chi connectivity index (χ4v) is 2.96. The van der Waals surface area contributed by atoms with Gasteiger partial charge in [-0.15, -0.1) is 0 Å².